The molecule has 8 nitrogen and oxygen atoms in total. The van der Waals surface area contributed by atoms with E-state index in [-0.39, 0.29) is 19.4 Å². The third kappa shape index (κ3) is 40.4. The highest BCUT2D eigenvalue weighted by Crippen LogP contribution is 2.36. The Morgan fingerprint density at radius 1 is 0.529 bits per heavy atom. The van der Waals surface area contributed by atoms with Crippen molar-refractivity contribution in [3.63, 3.8) is 0 Å². The fourth-order valence-electron chi connectivity index (χ4n) is 5.34. The molecule has 0 aliphatic heterocycles. The summed E-state index contributed by atoms with van der Waals surface area (Å²) in [5.41, 5.74) is 0. The van der Waals surface area contributed by atoms with Crippen molar-refractivity contribution in [2.45, 2.75) is 180 Å². The molecule has 1 atom stereocenters. The minimum atomic E-state index is -4.76. The summed E-state index contributed by atoms with van der Waals surface area (Å²) in [7, 11) is -4.76. The van der Waals surface area contributed by atoms with Crippen LogP contribution in [0.3, 0.4) is 0 Å². The van der Waals surface area contributed by atoms with Gasteiger partial charge in [0.05, 0.1) is 6.61 Å². The zero-order valence-corrected chi connectivity index (χ0v) is 33.1. The van der Waals surface area contributed by atoms with Gasteiger partial charge in [-0.1, -0.05) is 164 Å². The zero-order chi connectivity index (χ0) is 37.5. The topological polar surface area (TPSA) is 119 Å². The fraction of sp³-hybridized carbons (Fsp3) is 0.714. The van der Waals surface area contributed by atoms with E-state index < -0.39 is 32.5 Å². The Kier molecular flexibility index (Phi) is 35.9. The second-order valence-electron chi connectivity index (χ2n) is 13.2. The molecule has 0 heterocycles. The minimum absolute atomic E-state index is 0.172. The molecule has 2 N–H and O–H groups in total. The lowest BCUT2D eigenvalue weighted by atomic mass is 10.0. The first-order chi connectivity index (χ1) is 24.8. The normalized spacial score (nSPS) is 13.1. The second kappa shape index (κ2) is 37.5. The lowest BCUT2D eigenvalue weighted by Crippen LogP contribution is -2.29. The minimum Gasteiger partial charge on any atom is -0.462 e. The number of ether oxygens (including phenoxy) is 2. The number of phosphoric ester groups is 1. The molecule has 51 heavy (non-hydrogen) atoms. The summed E-state index contributed by atoms with van der Waals surface area (Å²) >= 11 is 0. The van der Waals surface area contributed by atoms with Crippen LogP contribution in [0.1, 0.15) is 174 Å². The molecule has 0 aliphatic rings. The van der Waals surface area contributed by atoms with E-state index in [0.717, 1.165) is 70.6 Å². The van der Waals surface area contributed by atoms with Crippen molar-refractivity contribution >= 4 is 19.8 Å². The van der Waals surface area contributed by atoms with Crippen LogP contribution in [0.25, 0.3) is 0 Å². The summed E-state index contributed by atoms with van der Waals surface area (Å²) in [6.07, 6.45) is 46.5. The number of hydrogen-bond donors (Lipinski definition) is 2. The molecule has 9 heteroatoms. The predicted octanol–water partition coefficient (Wildman–Crippen LogP) is 12.1. The van der Waals surface area contributed by atoms with E-state index in [4.69, 9.17) is 19.3 Å². The van der Waals surface area contributed by atoms with Gasteiger partial charge in [0, 0.05) is 12.8 Å². The summed E-state index contributed by atoms with van der Waals surface area (Å²) in [4.78, 5) is 42.8. The van der Waals surface area contributed by atoms with Crippen molar-refractivity contribution in [2.24, 2.45) is 0 Å². The first-order valence-electron chi connectivity index (χ1n) is 20.1. The van der Waals surface area contributed by atoms with E-state index in [1.165, 1.54) is 70.6 Å². The summed E-state index contributed by atoms with van der Waals surface area (Å²) in [6.45, 7) is 3.54. The molecule has 0 fully saturated rings. The van der Waals surface area contributed by atoms with Crippen molar-refractivity contribution in [2.75, 3.05) is 13.2 Å². The quantitative estimate of drug-likeness (QED) is 0.0282. The first-order valence-corrected chi connectivity index (χ1v) is 21.6. The van der Waals surface area contributed by atoms with Gasteiger partial charge >= 0.3 is 19.8 Å². The van der Waals surface area contributed by atoms with Crippen LogP contribution >= 0.6 is 7.82 Å². The van der Waals surface area contributed by atoms with Crippen LogP contribution in [0, 0.1) is 0 Å². The molecule has 0 aromatic heterocycles. The smallest absolute Gasteiger partial charge is 0.462 e. The van der Waals surface area contributed by atoms with Crippen molar-refractivity contribution in [1.29, 1.82) is 0 Å². The molecule has 0 rings (SSSR count). The predicted molar refractivity (Wildman–Crippen MR) is 211 cm³/mol. The third-order valence-electron chi connectivity index (χ3n) is 8.30. The summed E-state index contributed by atoms with van der Waals surface area (Å²) in [5.74, 6) is -0.923. The van der Waals surface area contributed by atoms with Gasteiger partial charge in [0.2, 0.25) is 0 Å². The van der Waals surface area contributed by atoms with Crippen molar-refractivity contribution < 1.29 is 37.9 Å². The molecule has 0 radical (unpaired) electrons. The molecule has 0 saturated heterocycles. The first kappa shape index (κ1) is 48.8. The van der Waals surface area contributed by atoms with E-state index in [2.05, 4.69) is 79.1 Å². The van der Waals surface area contributed by atoms with Crippen molar-refractivity contribution in [1.82, 2.24) is 0 Å². The standard InChI is InChI=1S/C42H73O8P/c1-3-5-7-9-11-13-15-17-19-20-21-22-23-25-27-29-31-33-35-37-42(44)50-40(39-49-51(45,46)47)38-48-41(43)36-34-32-30-28-26-24-18-16-14-12-10-8-6-4-2/h5,7,11,13,17,19,21-22,25,27,40H,3-4,6,8-10,12,14-16,18,20,23-24,26,28-39H2,1-2H3,(H2,45,46,47)/b7-5+,13-11+,19-17+,22-21+,27-25+/t40-/m1/s1. The lowest BCUT2D eigenvalue weighted by Gasteiger charge is -2.18. The van der Waals surface area contributed by atoms with Crippen LogP contribution < -0.4 is 0 Å². The molecule has 0 aliphatic carbocycles. The van der Waals surface area contributed by atoms with E-state index >= 15 is 0 Å². The lowest BCUT2D eigenvalue weighted by molar-refractivity contribution is -0.161. The molecular weight excluding hydrogens is 663 g/mol. The van der Waals surface area contributed by atoms with Gasteiger partial charge in [-0.25, -0.2) is 4.57 Å². The van der Waals surface area contributed by atoms with Gasteiger partial charge in [-0.2, -0.15) is 0 Å². The SMILES string of the molecule is CC/C=C/C/C=C/C/C=C/C/C=C/C/C=C/CCCCCC(=O)O[C@H](COC(=O)CCCCCCCCCCCCCCCC)COP(=O)(O)O. The molecule has 0 aromatic rings. The third-order valence-corrected chi connectivity index (χ3v) is 8.79. The second-order valence-corrected chi connectivity index (χ2v) is 14.5. The number of rotatable bonds is 36. The summed E-state index contributed by atoms with van der Waals surface area (Å²) < 4.78 is 26.3. The molecule has 0 aromatic carbocycles. The maximum Gasteiger partial charge on any atom is 0.469 e. The molecule has 0 saturated carbocycles. The van der Waals surface area contributed by atoms with E-state index in [0.29, 0.717) is 6.42 Å². The van der Waals surface area contributed by atoms with Crippen molar-refractivity contribution in [3.8, 4) is 0 Å². The van der Waals surface area contributed by atoms with Crippen LogP contribution in [0.4, 0.5) is 0 Å². The number of carbonyl (C=O) groups is 2. The highest BCUT2D eigenvalue weighted by atomic mass is 31.2. The number of phosphoric acid groups is 1. The average Bonchev–Trinajstić information content (AvgIpc) is 3.10. The Hall–Kier alpha value is -2.25. The fourth-order valence-corrected chi connectivity index (χ4v) is 5.70. The number of allylic oxidation sites excluding steroid dienone is 10. The maximum absolute atomic E-state index is 12.4. The highest BCUT2D eigenvalue weighted by molar-refractivity contribution is 7.46. The maximum atomic E-state index is 12.4. The summed E-state index contributed by atoms with van der Waals surface area (Å²) in [6, 6.07) is 0. The highest BCUT2D eigenvalue weighted by Gasteiger charge is 2.22. The molecular formula is C42H73O8P. The number of carbonyl (C=O) groups excluding carboxylic acids is 2. The number of esters is 2. The van der Waals surface area contributed by atoms with Gasteiger partial charge in [0.1, 0.15) is 6.61 Å². The van der Waals surface area contributed by atoms with Crippen LogP contribution in [0.2, 0.25) is 0 Å². The molecule has 0 unspecified atom stereocenters. The average molecular weight is 737 g/mol. The largest absolute Gasteiger partial charge is 0.469 e. The molecule has 294 valence electrons. The number of hydrogen-bond acceptors (Lipinski definition) is 6. The van der Waals surface area contributed by atoms with Gasteiger partial charge in [-0.15, -0.1) is 0 Å². The van der Waals surface area contributed by atoms with Gasteiger partial charge in [0.25, 0.3) is 0 Å². The van der Waals surface area contributed by atoms with Crippen LogP contribution in [0.15, 0.2) is 60.8 Å². The van der Waals surface area contributed by atoms with Crippen LogP contribution in [-0.2, 0) is 28.2 Å². The zero-order valence-electron chi connectivity index (χ0n) is 32.2. The Morgan fingerprint density at radius 2 is 0.941 bits per heavy atom. The molecule has 0 spiro atoms. The van der Waals surface area contributed by atoms with E-state index in [9.17, 15) is 14.2 Å². The van der Waals surface area contributed by atoms with Gasteiger partial charge in [-0.3, -0.25) is 14.1 Å². The van der Waals surface area contributed by atoms with Gasteiger partial charge < -0.3 is 19.3 Å². The van der Waals surface area contributed by atoms with Crippen LogP contribution in [-0.4, -0.2) is 41.0 Å². The Balaban J connectivity index is 4.02. The number of unbranched alkanes of at least 4 members (excludes halogenated alkanes) is 16. The van der Waals surface area contributed by atoms with Crippen LogP contribution in [0.5, 0.6) is 0 Å². The van der Waals surface area contributed by atoms with E-state index in [1.54, 1.807) is 0 Å². The van der Waals surface area contributed by atoms with E-state index in [1.807, 2.05) is 0 Å². The Bertz CT molecular complexity index is 1010. The van der Waals surface area contributed by atoms with Gasteiger partial charge in [-0.05, 0) is 57.8 Å². The monoisotopic (exact) mass is 737 g/mol. The summed E-state index contributed by atoms with van der Waals surface area (Å²) in [5, 5.41) is 0. The Morgan fingerprint density at radius 3 is 1.41 bits per heavy atom. The Labute approximate surface area is 311 Å². The van der Waals surface area contributed by atoms with Crippen molar-refractivity contribution in [3.05, 3.63) is 60.8 Å². The van der Waals surface area contributed by atoms with Gasteiger partial charge in [0.15, 0.2) is 6.10 Å². The molecule has 0 amide bonds. The molecule has 0 bridgehead atoms.